The summed E-state index contributed by atoms with van der Waals surface area (Å²) in [6.07, 6.45) is 0. The predicted molar refractivity (Wildman–Crippen MR) is 97.4 cm³/mol. The summed E-state index contributed by atoms with van der Waals surface area (Å²) in [5.41, 5.74) is 3.58. The molecular formula is C20H26N2O2. The monoisotopic (exact) mass is 326 g/mol. The number of hydrogen-bond acceptors (Lipinski definition) is 2. The summed E-state index contributed by atoms with van der Waals surface area (Å²) in [5.74, 6) is 1.33. The van der Waals surface area contributed by atoms with E-state index in [0.717, 1.165) is 11.3 Å². The van der Waals surface area contributed by atoms with Gasteiger partial charge in [0.25, 0.3) is 0 Å². The van der Waals surface area contributed by atoms with E-state index in [1.165, 1.54) is 11.1 Å². The molecule has 0 saturated carbocycles. The number of amides is 2. The minimum absolute atomic E-state index is 0.186. The molecule has 0 radical (unpaired) electrons. The zero-order valence-corrected chi connectivity index (χ0v) is 14.6. The first-order valence-corrected chi connectivity index (χ1v) is 8.34. The quantitative estimate of drug-likeness (QED) is 0.756. The third-order valence-corrected chi connectivity index (χ3v) is 3.78. The Balaban J connectivity index is 1.63. The molecule has 0 unspecified atom stereocenters. The topological polar surface area (TPSA) is 50.4 Å². The first-order valence-electron chi connectivity index (χ1n) is 8.34. The van der Waals surface area contributed by atoms with Crippen molar-refractivity contribution in [2.24, 2.45) is 0 Å². The lowest BCUT2D eigenvalue weighted by molar-refractivity contribution is 0.236. The number of ether oxygens (including phenoxy) is 1. The number of carbonyl (C=O) groups is 1. The molecule has 24 heavy (non-hydrogen) atoms. The van der Waals surface area contributed by atoms with Gasteiger partial charge in [-0.3, -0.25) is 0 Å². The molecule has 0 spiro atoms. The molecule has 0 aliphatic heterocycles. The third-order valence-electron chi connectivity index (χ3n) is 3.78. The molecule has 4 heteroatoms. The van der Waals surface area contributed by atoms with E-state index < -0.39 is 0 Å². The number of aryl methyl sites for hydroxylation is 1. The fourth-order valence-corrected chi connectivity index (χ4v) is 2.23. The van der Waals surface area contributed by atoms with Gasteiger partial charge >= 0.3 is 6.03 Å². The van der Waals surface area contributed by atoms with Crippen molar-refractivity contribution in [1.29, 1.82) is 0 Å². The van der Waals surface area contributed by atoms with Crippen LogP contribution >= 0.6 is 0 Å². The molecule has 2 aromatic rings. The molecule has 0 atom stereocenters. The molecule has 0 aliphatic rings. The molecule has 2 N–H and O–H groups in total. The van der Waals surface area contributed by atoms with Crippen LogP contribution in [0, 0.1) is 6.92 Å². The first kappa shape index (κ1) is 17.9. The average molecular weight is 326 g/mol. The normalized spacial score (nSPS) is 10.5. The van der Waals surface area contributed by atoms with Crippen molar-refractivity contribution >= 4 is 6.03 Å². The van der Waals surface area contributed by atoms with Crippen LogP contribution in [-0.2, 0) is 6.54 Å². The molecule has 2 rings (SSSR count). The van der Waals surface area contributed by atoms with Gasteiger partial charge in [0.05, 0.1) is 6.54 Å². The van der Waals surface area contributed by atoms with E-state index in [-0.39, 0.29) is 6.03 Å². The number of carbonyl (C=O) groups excluding carboxylic acids is 1. The third kappa shape index (κ3) is 5.95. The Morgan fingerprint density at radius 1 is 1.00 bits per heavy atom. The standard InChI is InChI=1S/C20H26N2O2/c1-15(2)18-8-10-19(11-9-18)24-13-12-21-20(23)22-14-17-6-4-16(3)5-7-17/h4-11,15H,12-14H2,1-3H3,(H2,21,22,23). The van der Waals surface area contributed by atoms with Gasteiger partial charge in [0.1, 0.15) is 12.4 Å². The number of nitrogens with one attached hydrogen (secondary N) is 2. The largest absolute Gasteiger partial charge is 0.492 e. The summed E-state index contributed by atoms with van der Waals surface area (Å²) in [4.78, 5) is 11.7. The van der Waals surface area contributed by atoms with Crippen molar-refractivity contribution in [1.82, 2.24) is 10.6 Å². The second-order valence-corrected chi connectivity index (χ2v) is 6.17. The molecule has 2 aromatic carbocycles. The Hall–Kier alpha value is -2.49. The van der Waals surface area contributed by atoms with Crippen molar-refractivity contribution < 1.29 is 9.53 Å². The van der Waals surface area contributed by atoms with Gasteiger partial charge in [0.15, 0.2) is 0 Å². The molecule has 0 aliphatic carbocycles. The van der Waals surface area contributed by atoms with Gasteiger partial charge in [0, 0.05) is 6.54 Å². The average Bonchev–Trinajstić information content (AvgIpc) is 2.58. The summed E-state index contributed by atoms with van der Waals surface area (Å²) < 4.78 is 5.62. The lowest BCUT2D eigenvalue weighted by atomic mass is 10.0. The second kappa shape index (κ2) is 8.96. The maximum atomic E-state index is 11.7. The van der Waals surface area contributed by atoms with Crippen LogP contribution in [-0.4, -0.2) is 19.2 Å². The van der Waals surface area contributed by atoms with E-state index in [1.807, 2.05) is 43.3 Å². The van der Waals surface area contributed by atoms with Gasteiger partial charge in [-0.15, -0.1) is 0 Å². The summed E-state index contributed by atoms with van der Waals surface area (Å²) in [6, 6.07) is 16.0. The van der Waals surface area contributed by atoms with Crippen molar-refractivity contribution in [3.8, 4) is 5.75 Å². The van der Waals surface area contributed by atoms with Gasteiger partial charge in [-0.2, -0.15) is 0 Å². The number of benzene rings is 2. The molecule has 0 aromatic heterocycles. The number of hydrogen-bond donors (Lipinski definition) is 2. The van der Waals surface area contributed by atoms with Gasteiger partial charge < -0.3 is 15.4 Å². The molecule has 0 saturated heterocycles. The van der Waals surface area contributed by atoms with Crippen molar-refractivity contribution in [3.05, 3.63) is 65.2 Å². The maximum Gasteiger partial charge on any atom is 0.315 e. The van der Waals surface area contributed by atoms with E-state index in [2.05, 4.69) is 36.6 Å². The predicted octanol–water partition coefficient (Wildman–Crippen LogP) is 4.00. The van der Waals surface area contributed by atoms with Crippen LogP contribution in [0.1, 0.15) is 36.5 Å². The summed E-state index contributed by atoms with van der Waals surface area (Å²) >= 11 is 0. The van der Waals surface area contributed by atoms with Crippen LogP contribution in [0.4, 0.5) is 4.79 Å². The van der Waals surface area contributed by atoms with Crippen LogP contribution in [0.25, 0.3) is 0 Å². The Bertz CT molecular complexity index is 634. The van der Waals surface area contributed by atoms with Crippen LogP contribution in [0.3, 0.4) is 0 Å². The SMILES string of the molecule is Cc1ccc(CNC(=O)NCCOc2ccc(C(C)C)cc2)cc1. The van der Waals surface area contributed by atoms with E-state index in [1.54, 1.807) is 0 Å². The highest BCUT2D eigenvalue weighted by Gasteiger charge is 2.02. The molecule has 2 amide bonds. The molecule has 0 heterocycles. The van der Waals surface area contributed by atoms with Crippen molar-refractivity contribution in [2.75, 3.05) is 13.2 Å². The van der Waals surface area contributed by atoms with Crippen molar-refractivity contribution in [2.45, 2.75) is 33.2 Å². The Labute approximate surface area is 144 Å². The zero-order chi connectivity index (χ0) is 17.4. The van der Waals surface area contributed by atoms with Crippen LogP contribution in [0.5, 0.6) is 5.75 Å². The zero-order valence-electron chi connectivity index (χ0n) is 14.6. The summed E-state index contributed by atoms with van der Waals surface area (Å²) in [5, 5.41) is 5.62. The lowest BCUT2D eigenvalue weighted by Gasteiger charge is -2.10. The van der Waals surface area contributed by atoms with Crippen LogP contribution in [0.15, 0.2) is 48.5 Å². The highest BCUT2D eigenvalue weighted by atomic mass is 16.5. The van der Waals surface area contributed by atoms with Crippen LogP contribution in [0.2, 0.25) is 0 Å². The van der Waals surface area contributed by atoms with Gasteiger partial charge in [0.2, 0.25) is 0 Å². The first-order chi connectivity index (χ1) is 11.5. The lowest BCUT2D eigenvalue weighted by Crippen LogP contribution is -2.37. The second-order valence-electron chi connectivity index (χ2n) is 6.17. The molecule has 0 fully saturated rings. The van der Waals surface area contributed by atoms with Crippen molar-refractivity contribution in [3.63, 3.8) is 0 Å². The summed E-state index contributed by atoms with van der Waals surface area (Å²) in [7, 11) is 0. The van der Waals surface area contributed by atoms with Gasteiger partial charge in [-0.1, -0.05) is 55.8 Å². The fourth-order valence-electron chi connectivity index (χ4n) is 2.23. The molecule has 128 valence electrons. The highest BCUT2D eigenvalue weighted by Crippen LogP contribution is 2.18. The number of rotatable bonds is 7. The minimum atomic E-state index is -0.186. The maximum absolute atomic E-state index is 11.7. The van der Waals surface area contributed by atoms with E-state index in [9.17, 15) is 4.79 Å². The molecule has 4 nitrogen and oxygen atoms in total. The Morgan fingerprint density at radius 3 is 2.29 bits per heavy atom. The number of urea groups is 1. The summed E-state index contributed by atoms with van der Waals surface area (Å²) in [6.45, 7) is 7.79. The smallest absolute Gasteiger partial charge is 0.315 e. The highest BCUT2D eigenvalue weighted by molar-refractivity contribution is 5.73. The van der Waals surface area contributed by atoms with E-state index in [4.69, 9.17) is 4.74 Å². The van der Waals surface area contributed by atoms with Gasteiger partial charge in [-0.25, -0.2) is 4.79 Å². The Morgan fingerprint density at radius 2 is 1.67 bits per heavy atom. The molecular weight excluding hydrogens is 300 g/mol. The van der Waals surface area contributed by atoms with Crippen LogP contribution < -0.4 is 15.4 Å². The Kier molecular flexibility index (Phi) is 6.67. The molecule has 0 bridgehead atoms. The van der Waals surface area contributed by atoms with E-state index >= 15 is 0 Å². The minimum Gasteiger partial charge on any atom is -0.492 e. The van der Waals surface area contributed by atoms with Gasteiger partial charge in [-0.05, 0) is 36.1 Å². The van der Waals surface area contributed by atoms with E-state index in [0.29, 0.717) is 25.6 Å². The fraction of sp³-hybridized carbons (Fsp3) is 0.350.